The van der Waals surface area contributed by atoms with Gasteiger partial charge in [-0.05, 0) is 24.8 Å². The molecule has 2 amide bonds. The molecule has 1 aromatic carbocycles. The summed E-state index contributed by atoms with van der Waals surface area (Å²) in [6, 6.07) is 7.49. The maximum atomic E-state index is 12.1. The molecule has 5 heteroatoms. The first kappa shape index (κ1) is 15.6. The largest absolute Gasteiger partial charge is 0.491 e. The zero-order valence-corrected chi connectivity index (χ0v) is 12.5. The fraction of sp³-hybridized carbons (Fsp3) is 0.562. The highest BCUT2D eigenvalue weighted by Crippen LogP contribution is 2.26. The van der Waals surface area contributed by atoms with Crippen LogP contribution in [0.5, 0.6) is 5.75 Å². The number of urea groups is 1. The Bertz CT molecular complexity index is 461. The first-order valence-corrected chi connectivity index (χ1v) is 7.51. The van der Waals surface area contributed by atoms with E-state index in [0.29, 0.717) is 18.2 Å². The van der Waals surface area contributed by atoms with E-state index in [2.05, 4.69) is 5.32 Å². The molecule has 1 aliphatic rings. The lowest BCUT2D eigenvalue weighted by molar-refractivity contribution is 0.181. The average Bonchev–Trinajstić information content (AvgIpc) is 2.46. The topological polar surface area (TPSA) is 61.8 Å². The fourth-order valence-corrected chi connectivity index (χ4v) is 2.40. The number of carbonyl (C=O) groups excluding carboxylic acids is 1. The molecule has 1 fully saturated rings. The number of rotatable bonds is 7. The lowest BCUT2D eigenvalue weighted by Gasteiger charge is -2.30. The Morgan fingerprint density at radius 2 is 2.19 bits per heavy atom. The Labute approximate surface area is 125 Å². The molecule has 116 valence electrons. The first-order chi connectivity index (χ1) is 10.2. The molecule has 0 bridgehead atoms. The average molecular weight is 292 g/mol. The predicted molar refractivity (Wildman–Crippen MR) is 81.2 cm³/mol. The third kappa shape index (κ3) is 4.63. The third-order valence-electron chi connectivity index (χ3n) is 3.86. The number of benzene rings is 1. The molecule has 5 nitrogen and oxygen atoms in total. The van der Waals surface area contributed by atoms with Gasteiger partial charge in [-0.2, -0.15) is 0 Å². The summed E-state index contributed by atoms with van der Waals surface area (Å²) in [5, 5.41) is 11.7. The van der Waals surface area contributed by atoms with Crippen molar-refractivity contribution in [1.29, 1.82) is 0 Å². The number of aliphatic hydroxyl groups is 1. The van der Waals surface area contributed by atoms with Crippen molar-refractivity contribution in [1.82, 2.24) is 10.2 Å². The van der Waals surface area contributed by atoms with Crippen molar-refractivity contribution in [2.75, 3.05) is 26.8 Å². The first-order valence-electron chi connectivity index (χ1n) is 7.51. The van der Waals surface area contributed by atoms with E-state index < -0.39 is 0 Å². The lowest BCUT2D eigenvalue weighted by atomic mass is 9.85. The van der Waals surface area contributed by atoms with Crippen LogP contribution in [0.2, 0.25) is 0 Å². The van der Waals surface area contributed by atoms with Crippen molar-refractivity contribution in [3.05, 3.63) is 29.8 Å². The van der Waals surface area contributed by atoms with Crippen LogP contribution in [-0.4, -0.2) is 42.8 Å². The molecular weight excluding hydrogens is 268 g/mol. The molecule has 2 rings (SSSR count). The molecule has 0 aromatic heterocycles. The van der Waals surface area contributed by atoms with Gasteiger partial charge in [0.2, 0.25) is 0 Å². The number of carbonyl (C=O) groups is 1. The van der Waals surface area contributed by atoms with Crippen molar-refractivity contribution in [2.24, 2.45) is 5.92 Å². The molecule has 0 heterocycles. The highest BCUT2D eigenvalue weighted by atomic mass is 16.5. The van der Waals surface area contributed by atoms with Crippen molar-refractivity contribution in [2.45, 2.75) is 25.8 Å². The minimum Gasteiger partial charge on any atom is -0.491 e. The Morgan fingerprint density at radius 3 is 2.86 bits per heavy atom. The van der Waals surface area contributed by atoms with E-state index in [4.69, 9.17) is 9.84 Å². The Hall–Kier alpha value is -1.75. The van der Waals surface area contributed by atoms with Crippen molar-refractivity contribution in [3.8, 4) is 5.75 Å². The zero-order chi connectivity index (χ0) is 15.1. The number of nitrogens with one attached hydrogen (secondary N) is 1. The van der Waals surface area contributed by atoms with E-state index >= 15 is 0 Å². The summed E-state index contributed by atoms with van der Waals surface area (Å²) >= 11 is 0. The third-order valence-corrected chi connectivity index (χ3v) is 3.86. The summed E-state index contributed by atoms with van der Waals surface area (Å²) in [5.41, 5.74) is 0.913. The lowest BCUT2D eigenvalue weighted by Crippen LogP contribution is -2.40. The van der Waals surface area contributed by atoms with Crippen LogP contribution >= 0.6 is 0 Å². The Balaban J connectivity index is 1.82. The van der Waals surface area contributed by atoms with E-state index in [1.165, 1.54) is 19.3 Å². The van der Waals surface area contributed by atoms with Gasteiger partial charge in [0.25, 0.3) is 0 Å². The van der Waals surface area contributed by atoms with E-state index in [1.54, 1.807) is 4.90 Å². The molecule has 2 N–H and O–H groups in total. The van der Waals surface area contributed by atoms with E-state index in [0.717, 1.165) is 12.1 Å². The molecule has 0 unspecified atom stereocenters. The number of nitrogens with zero attached hydrogens (tertiary/aromatic N) is 1. The van der Waals surface area contributed by atoms with E-state index in [1.807, 2.05) is 31.3 Å². The van der Waals surface area contributed by atoms with Crippen LogP contribution in [0.3, 0.4) is 0 Å². The quantitative estimate of drug-likeness (QED) is 0.808. The molecule has 0 aliphatic heterocycles. The zero-order valence-electron chi connectivity index (χ0n) is 12.5. The van der Waals surface area contributed by atoms with Crippen molar-refractivity contribution < 1.29 is 14.6 Å². The standard InChI is InChI=1S/C16H24N2O3/c1-18(12-13-5-4-6-13)16(20)17-11-14-7-2-3-8-15(14)21-10-9-19/h2-3,7-8,13,19H,4-6,9-12H2,1H3,(H,17,20). The molecule has 1 aromatic rings. The Morgan fingerprint density at radius 1 is 1.43 bits per heavy atom. The van der Waals surface area contributed by atoms with Crippen molar-refractivity contribution >= 4 is 6.03 Å². The maximum Gasteiger partial charge on any atom is 0.317 e. The minimum atomic E-state index is -0.0566. The summed E-state index contributed by atoms with van der Waals surface area (Å²) < 4.78 is 5.46. The number of amides is 2. The number of ether oxygens (including phenoxy) is 1. The fourth-order valence-electron chi connectivity index (χ4n) is 2.40. The molecule has 0 radical (unpaired) electrons. The van der Waals surface area contributed by atoms with Gasteiger partial charge in [-0.3, -0.25) is 0 Å². The van der Waals surface area contributed by atoms with Crippen LogP contribution in [0, 0.1) is 5.92 Å². The monoisotopic (exact) mass is 292 g/mol. The van der Waals surface area contributed by atoms with E-state index in [-0.39, 0.29) is 19.2 Å². The molecule has 0 spiro atoms. The van der Waals surface area contributed by atoms with Gasteiger partial charge in [0, 0.05) is 25.7 Å². The maximum absolute atomic E-state index is 12.1. The van der Waals surface area contributed by atoms with Crippen LogP contribution in [0.1, 0.15) is 24.8 Å². The molecule has 0 atom stereocenters. The van der Waals surface area contributed by atoms with Gasteiger partial charge in [-0.15, -0.1) is 0 Å². The van der Waals surface area contributed by atoms with Crippen LogP contribution in [0.15, 0.2) is 24.3 Å². The summed E-state index contributed by atoms with van der Waals surface area (Å²) in [6.45, 7) is 1.49. The predicted octanol–water partition coefficient (Wildman–Crippen LogP) is 2.00. The summed E-state index contributed by atoms with van der Waals surface area (Å²) in [6.07, 6.45) is 3.75. The van der Waals surface area contributed by atoms with Crippen LogP contribution in [0.4, 0.5) is 4.79 Å². The van der Waals surface area contributed by atoms with Gasteiger partial charge in [0.1, 0.15) is 12.4 Å². The van der Waals surface area contributed by atoms with Gasteiger partial charge < -0.3 is 20.1 Å². The number of hydrogen-bond donors (Lipinski definition) is 2. The smallest absolute Gasteiger partial charge is 0.317 e. The van der Waals surface area contributed by atoms with Crippen molar-refractivity contribution in [3.63, 3.8) is 0 Å². The summed E-state index contributed by atoms with van der Waals surface area (Å²) in [5.74, 6) is 1.37. The Kier molecular flexibility index (Phi) is 5.87. The number of aliphatic hydroxyl groups excluding tert-OH is 1. The highest BCUT2D eigenvalue weighted by Gasteiger charge is 2.21. The SMILES string of the molecule is CN(CC1CCC1)C(=O)NCc1ccccc1OCCO. The van der Waals surface area contributed by atoms with Crippen LogP contribution < -0.4 is 10.1 Å². The molecule has 0 saturated heterocycles. The summed E-state index contributed by atoms with van der Waals surface area (Å²) in [7, 11) is 1.84. The molecule has 1 saturated carbocycles. The number of hydrogen-bond acceptors (Lipinski definition) is 3. The second-order valence-corrected chi connectivity index (χ2v) is 5.52. The second kappa shape index (κ2) is 7.88. The molecule has 21 heavy (non-hydrogen) atoms. The number of para-hydroxylation sites is 1. The van der Waals surface area contributed by atoms with E-state index in [9.17, 15) is 4.79 Å². The summed E-state index contributed by atoms with van der Waals surface area (Å²) in [4.78, 5) is 13.8. The second-order valence-electron chi connectivity index (χ2n) is 5.52. The van der Waals surface area contributed by atoms with Gasteiger partial charge in [-0.25, -0.2) is 4.79 Å². The van der Waals surface area contributed by atoms with Gasteiger partial charge in [-0.1, -0.05) is 24.6 Å². The molecule has 1 aliphatic carbocycles. The van der Waals surface area contributed by atoms with Gasteiger partial charge in [0.15, 0.2) is 0 Å². The van der Waals surface area contributed by atoms with Crippen LogP contribution in [-0.2, 0) is 6.54 Å². The highest BCUT2D eigenvalue weighted by molar-refractivity contribution is 5.73. The van der Waals surface area contributed by atoms with Gasteiger partial charge in [0.05, 0.1) is 6.61 Å². The molecular formula is C16H24N2O3. The minimum absolute atomic E-state index is 0.0230. The van der Waals surface area contributed by atoms with Gasteiger partial charge >= 0.3 is 6.03 Å². The van der Waals surface area contributed by atoms with Crippen LogP contribution in [0.25, 0.3) is 0 Å². The normalized spacial score (nSPS) is 14.4.